The summed E-state index contributed by atoms with van der Waals surface area (Å²) in [7, 11) is 3.91. The number of rotatable bonds is 2. The lowest BCUT2D eigenvalue weighted by Crippen LogP contribution is -2.47. The van der Waals surface area contributed by atoms with Crippen molar-refractivity contribution in [1.29, 1.82) is 0 Å². The third-order valence-electron chi connectivity index (χ3n) is 3.99. The van der Waals surface area contributed by atoms with Gasteiger partial charge in [0.2, 0.25) is 0 Å². The number of nitrogens with zero attached hydrogens (tertiary/aromatic N) is 3. The van der Waals surface area contributed by atoms with Crippen LogP contribution in [0.4, 0.5) is 5.82 Å². The maximum atomic E-state index is 12.6. The summed E-state index contributed by atoms with van der Waals surface area (Å²) in [5.41, 5.74) is 0.516. The quantitative estimate of drug-likeness (QED) is 0.911. The molecular weight excluding hydrogens is 264 g/mol. The molecular formula is C16H20N4O. The van der Waals surface area contributed by atoms with Crippen LogP contribution in [0, 0.1) is 0 Å². The lowest BCUT2D eigenvalue weighted by atomic mass is 10.1. The van der Waals surface area contributed by atoms with Crippen LogP contribution in [-0.2, 0) is 0 Å². The molecule has 0 aliphatic carbocycles. The van der Waals surface area contributed by atoms with Crippen molar-refractivity contribution in [2.24, 2.45) is 0 Å². The third kappa shape index (κ3) is 2.69. The first-order valence-electron chi connectivity index (χ1n) is 7.24. The summed E-state index contributed by atoms with van der Waals surface area (Å²) in [5.74, 6) is 0.774. The monoisotopic (exact) mass is 284 g/mol. The number of hydrogen-bond donors (Lipinski definition) is 1. The summed E-state index contributed by atoms with van der Waals surface area (Å²) < 4.78 is 0. The molecule has 0 saturated carbocycles. The van der Waals surface area contributed by atoms with Gasteiger partial charge in [-0.15, -0.1) is 0 Å². The van der Waals surface area contributed by atoms with E-state index in [1.54, 1.807) is 0 Å². The van der Waals surface area contributed by atoms with Gasteiger partial charge in [0.25, 0.3) is 5.91 Å². The Morgan fingerprint density at radius 2 is 1.90 bits per heavy atom. The number of aromatic nitrogens is 1. The van der Waals surface area contributed by atoms with Gasteiger partial charge in [-0.3, -0.25) is 4.79 Å². The Bertz CT molecular complexity index is 662. The van der Waals surface area contributed by atoms with Crippen molar-refractivity contribution < 1.29 is 4.79 Å². The van der Waals surface area contributed by atoms with E-state index in [1.807, 2.05) is 42.3 Å². The van der Waals surface area contributed by atoms with Crippen LogP contribution in [0.25, 0.3) is 10.8 Å². The van der Waals surface area contributed by atoms with Crippen LogP contribution in [0.1, 0.15) is 10.5 Å². The maximum Gasteiger partial charge on any atom is 0.272 e. The molecule has 110 valence electrons. The number of amides is 1. The van der Waals surface area contributed by atoms with E-state index in [2.05, 4.69) is 22.2 Å². The number of piperazine rings is 1. The molecule has 0 unspecified atom stereocenters. The van der Waals surface area contributed by atoms with E-state index >= 15 is 0 Å². The predicted octanol–water partition coefficient (Wildman–Crippen LogP) is 1.66. The summed E-state index contributed by atoms with van der Waals surface area (Å²) >= 11 is 0. The van der Waals surface area contributed by atoms with Crippen LogP contribution in [0.5, 0.6) is 0 Å². The highest BCUT2D eigenvalue weighted by Crippen LogP contribution is 2.23. The highest BCUT2D eigenvalue weighted by Gasteiger charge is 2.22. The molecule has 1 aliphatic rings. The van der Waals surface area contributed by atoms with Gasteiger partial charge in [-0.1, -0.05) is 24.3 Å². The van der Waals surface area contributed by atoms with Crippen molar-refractivity contribution in [3.05, 3.63) is 36.0 Å². The van der Waals surface area contributed by atoms with Crippen molar-refractivity contribution >= 4 is 22.5 Å². The Morgan fingerprint density at radius 3 is 2.62 bits per heavy atom. The molecule has 5 heteroatoms. The van der Waals surface area contributed by atoms with E-state index in [4.69, 9.17) is 0 Å². The fourth-order valence-corrected chi connectivity index (χ4v) is 2.67. The molecule has 0 bridgehead atoms. The van der Waals surface area contributed by atoms with Gasteiger partial charge in [0.1, 0.15) is 11.5 Å². The van der Waals surface area contributed by atoms with Gasteiger partial charge >= 0.3 is 0 Å². The summed E-state index contributed by atoms with van der Waals surface area (Å²) in [6, 6.07) is 9.87. The summed E-state index contributed by atoms with van der Waals surface area (Å²) in [4.78, 5) is 21.3. The minimum Gasteiger partial charge on any atom is -0.373 e. The van der Waals surface area contributed by atoms with Crippen molar-refractivity contribution in [3.63, 3.8) is 0 Å². The van der Waals surface area contributed by atoms with Crippen molar-refractivity contribution in [1.82, 2.24) is 14.8 Å². The van der Waals surface area contributed by atoms with Crippen molar-refractivity contribution in [2.75, 3.05) is 45.6 Å². The van der Waals surface area contributed by atoms with Gasteiger partial charge in [-0.05, 0) is 18.5 Å². The van der Waals surface area contributed by atoms with Crippen LogP contribution < -0.4 is 5.32 Å². The number of carbonyl (C=O) groups is 1. The van der Waals surface area contributed by atoms with E-state index in [-0.39, 0.29) is 5.91 Å². The van der Waals surface area contributed by atoms with Crippen LogP contribution in [0.2, 0.25) is 0 Å². The van der Waals surface area contributed by atoms with E-state index in [1.165, 1.54) is 0 Å². The second-order valence-corrected chi connectivity index (χ2v) is 5.42. The second kappa shape index (κ2) is 5.69. The first kappa shape index (κ1) is 13.8. The lowest BCUT2D eigenvalue weighted by Gasteiger charge is -2.32. The maximum absolute atomic E-state index is 12.6. The zero-order valence-electron chi connectivity index (χ0n) is 12.5. The lowest BCUT2D eigenvalue weighted by molar-refractivity contribution is 0.0658. The van der Waals surface area contributed by atoms with E-state index in [0.717, 1.165) is 42.8 Å². The highest BCUT2D eigenvalue weighted by atomic mass is 16.2. The molecule has 21 heavy (non-hydrogen) atoms. The van der Waals surface area contributed by atoms with Gasteiger partial charge in [-0.25, -0.2) is 4.98 Å². The molecule has 5 nitrogen and oxygen atoms in total. The minimum atomic E-state index is 0.0188. The van der Waals surface area contributed by atoms with Gasteiger partial charge in [0.15, 0.2) is 0 Å². The molecule has 0 spiro atoms. The summed E-state index contributed by atoms with van der Waals surface area (Å²) in [6.07, 6.45) is 0. The predicted molar refractivity (Wildman–Crippen MR) is 84.7 cm³/mol. The molecule has 0 radical (unpaired) electrons. The number of benzene rings is 1. The largest absolute Gasteiger partial charge is 0.373 e. The second-order valence-electron chi connectivity index (χ2n) is 5.42. The number of hydrogen-bond acceptors (Lipinski definition) is 4. The number of fused-ring (bicyclic) bond motifs is 1. The average Bonchev–Trinajstić information content (AvgIpc) is 2.53. The molecule has 1 aliphatic heterocycles. The fraction of sp³-hybridized carbons (Fsp3) is 0.375. The fourth-order valence-electron chi connectivity index (χ4n) is 2.67. The number of nitrogens with one attached hydrogen (secondary N) is 1. The van der Waals surface area contributed by atoms with Gasteiger partial charge in [-0.2, -0.15) is 0 Å². The molecule has 0 atom stereocenters. The zero-order chi connectivity index (χ0) is 14.8. The summed E-state index contributed by atoms with van der Waals surface area (Å²) in [5, 5.41) is 5.16. The zero-order valence-corrected chi connectivity index (χ0v) is 12.5. The molecule has 2 aromatic rings. The van der Waals surface area contributed by atoms with Crippen LogP contribution >= 0.6 is 0 Å². The Kier molecular flexibility index (Phi) is 3.75. The third-order valence-corrected chi connectivity index (χ3v) is 3.99. The van der Waals surface area contributed by atoms with Crippen molar-refractivity contribution in [3.8, 4) is 0 Å². The van der Waals surface area contributed by atoms with E-state index in [0.29, 0.717) is 5.69 Å². The van der Waals surface area contributed by atoms with Gasteiger partial charge < -0.3 is 15.1 Å². The standard InChI is InChI=1S/C16H20N4O/c1-17-15-13-6-4-3-5-12(13)11-14(18-15)16(21)20-9-7-19(2)8-10-20/h3-6,11H,7-10H2,1-2H3,(H,17,18). The first-order chi connectivity index (χ1) is 10.2. The molecule has 1 saturated heterocycles. The molecule has 1 N–H and O–H groups in total. The first-order valence-corrected chi connectivity index (χ1v) is 7.24. The molecule has 1 amide bonds. The Hall–Kier alpha value is -2.14. The Labute approximate surface area is 124 Å². The van der Waals surface area contributed by atoms with Crippen LogP contribution in [-0.4, -0.2) is 61.0 Å². The topological polar surface area (TPSA) is 48.5 Å². The SMILES string of the molecule is CNc1nc(C(=O)N2CCN(C)CC2)cc2ccccc12. The number of anilines is 1. The minimum absolute atomic E-state index is 0.0188. The van der Waals surface area contributed by atoms with E-state index in [9.17, 15) is 4.79 Å². The number of carbonyl (C=O) groups excluding carboxylic acids is 1. The normalized spacial score (nSPS) is 16.2. The molecule has 1 aromatic heterocycles. The smallest absolute Gasteiger partial charge is 0.272 e. The van der Waals surface area contributed by atoms with Crippen LogP contribution in [0.3, 0.4) is 0 Å². The molecule has 1 fully saturated rings. The van der Waals surface area contributed by atoms with E-state index < -0.39 is 0 Å². The number of likely N-dealkylation sites (N-methyl/N-ethyl adjacent to an activating group) is 1. The Balaban J connectivity index is 1.94. The molecule has 2 heterocycles. The van der Waals surface area contributed by atoms with Crippen LogP contribution in [0.15, 0.2) is 30.3 Å². The van der Waals surface area contributed by atoms with Crippen molar-refractivity contribution in [2.45, 2.75) is 0 Å². The highest BCUT2D eigenvalue weighted by molar-refractivity contribution is 6.00. The molecule has 3 rings (SSSR count). The Morgan fingerprint density at radius 1 is 1.19 bits per heavy atom. The number of pyridine rings is 1. The van der Waals surface area contributed by atoms with Gasteiger partial charge in [0, 0.05) is 38.6 Å². The molecule has 1 aromatic carbocycles. The average molecular weight is 284 g/mol. The van der Waals surface area contributed by atoms with Gasteiger partial charge in [0.05, 0.1) is 0 Å². The summed E-state index contributed by atoms with van der Waals surface area (Å²) in [6.45, 7) is 3.36.